The molecule has 1 N–H and O–H groups in total. The number of carbonyl (C=O) groups is 2. The first-order valence-electron chi connectivity index (χ1n) is 8.25. The van der Waals surface area contributed by atoms with Crippen molar-refractivity contribution >= 4 is 11.9 Å². The van der Waals surface area contributed by atoms with Crippen LogP contribution in [0.3, 0.4) is 0 Å². The van der Waals surface area contributed by atoms with Gasteiger partial charge in [-0.05, 0) is 5.56 Å². The molecule has 1 aromatic rings. The van der Waals surface area contributed by atoms with Crippen LogP contribution in [0.25, 0.3) is 0 Å². The van der Waals surface area contributed by atoms with Crippen LogP contribution in [0.1, 0.15) is 19.4 Å². The van der Waals surface area contributed by atoms with Gasteiger partial charge in [-0.2, -0.15) is 0 Å². The molecule has 0 radical (unpaired) electrons. The molecule has 0 aliphatic carbocycles. The van der Waals surface area contributed by atoms with E-state index in [-0.39, 0.29) is 13.2 Å². The average molecular weight is 368 g/mol. The number of hydrogen-bond acceptors (Lipinski definition) is 8. The molecular formula is C18H24O8. The van der Waals surface area contributed by atoms with Gasteiger partial charge in [-0.3, -0.25) is 9.59 Å². The molecule has 0 aromatic heterocycles. The van der Waals surface area contributed by atoms with Crippen LogP contribution in [0, 0.1) is 0 Å². The van der Waals surface area contributed by atoms with E-state index in [4.69, 9.17) is 23.7 Å². The molecule has 0 amide bonds. The van der Waals surface area contributed by atoms with Gasteiger partial charge in [-0.1, -0.05) is 30.3 Å². The summed E-state index contributed by atoms with van der Waals surface area (Å²) in [5.41, 5.74) is 0.892. The molecule has 1 aromatic carbocycles. The summed E-state index contributed by atoms with van der Waals surface area (Å²) < 4.78 is 27.3. The van der Waals surface area contributed by atoms with Crippen molar-refractivity contribution in [1.82, 2.24) is 0 Å². The number of rotatable bonds is 7. The lowest BCUT2D eigenvalue weighted by Gasteiger charge is -2.44. The van der Waals surface area contributed by atoms with Crippen LogP contribution < -0.4 is 0 Å². The number of benzene rings is 1. The van der Waals surface area contributed by atoms with E-state index >= 15 is 0 Å². The average Bonchev–Trinajstić information content (AvgIpc) is 2.61. The van der Waals surface area contributed by atoms with E-state index in [9.17, 15) is 14.7 Å². The van der Waals surface area contributed by atoms with Crippen molar-refractivity contribution in [3.05, 3.63) is 35.9 Å². The summed E-state index contributed by atoms with van der Waals surface area (Å²) >= 11 is 0. The van der Waals surface area contributed by atoms with Crippen molar-refractivity contribution in [2.24, 2.45) is 0 Å². The van der Waals surface area contributed by atoms with Crippen LogP contribution >= 0.6 is 0 Å². The summed E-state index contributed by atoms with van der Waals surface area (Å²) in [5.74, 6) is -1.16. The van der Waals surface area contributed by atoms with E-state index in [1.54, 1.807) is 0 Å². The van der Waals surface area contributed by atoms with Crippen LogP contribution in [0.5, 0.6) is 0 Å². The first kappa shape index (κ1) is 20.3. The summed E-state index contributed by atoms with van der Waals surface area (Å²) in [7, 11) is 1.37. The second-order valence-corrected chi connectivity index (χ2v) is 5.87. The van der Waals surface area contributed by atoms with E-state index in [0.717, 1.165) is 5.56 Å². The highest BCUT2D eigenvalue weighted by molar-refractivity contribution is 5.67. The van der Waals surface area contributed by atoms with Crippen molar-refractivity contribution in [2.75, 3.05) is 13.7 Å². The standard InChI is InChI=1S/C18H24O8/c1-11(20)24-16-15(23-10-13-7-5-4-6-8-13)14(9-19)26-18(22-3)17(16)25-12(2)21/h4-8,14-19H,9-10H2,1-3H3/t14-,15+,16+,17-,18-/m1/s1. The molecular weight excluding hydrogens is 344 g/mol. The van der Waals surface area contributed by atoms with Crippen molar-refractivity contribution in [2.45, 2.75) is 51.2 Å². The number of aliphatic hydroxyl groups excluding tert-OH is 1. The third-order valence-corrected chi connectivity index (χ3v) is 3.89. The van der Waals surface area contributed by atoms with Gasteiger partial charge >= 0.3 is 11.9 Å². The lowest BCUT2D eigenvalue weighted by molar-refractivity contribution is -0.307. The molecule has 8 nitrogen and oxygen atoms in total. The summed E-state index contributed by atoms with van der Waals surface area (Å²) in [4.78, 5) is 23.1. The summed E-state index contributed by atoms with van der Waals surface area (Å²) in [6.07, 6.45) is -4.68. The Morgan fingerprint density at radius 2 is 1.65 bits per heavy atom. The van der Waals surface area contributed by atoms with Gasteiger partial charge in [0, 0.05) is 21.0 Å². The minimum atomic E-state index is -1.02. The Morgan fingerprint density at radius 1 is 1.04 bits per heavy atom. The number of ether oxygens (including phenoxy) is 5. The Hall–Kier alpha value is -2.00. The van der Waals surface area contributed by atoms with Gasteiger partial charge in [0.2, 0.25) is 0 Å². The molecule has 8 heteroatoms. The van der Waals surface area contributed by atoms with Crippen LogP contribution in [0.2, 0.25) is 0 Å². The second-order valence-electron chi connectivity index (χ2n) is 5.87. The van der Waals surface area contributed by atoms with Gasteiger partial charge in [0.15, 0.2) is 18.5 Å². The Balaban J connectivity index is 2.25. The van der Waals surface area contributed by atoms with Crippen LogP contribution in [0.4, 0.5) is 0 Å². The van der Waals surface area contributed by atoms with Gasteiger partial charge in [0.1, 0.15) is 12.2 Å². The highest BCUT2D eigenvalue weighted by Gasteiger charge is 2.50. The maximum Gasteiger partial charge on any atom is 0.303 e. The van der Waals surface area contributed by atoms with E-state index in [0.29, 0.717) is 0 Å². The molecule has 0 saturated carbocycles. The summed E-state index contributed by atoms with van der Waals surface area (Å²) in [6.45, 7) is 2.29. The molecule has 1 aliphatic rings. The maximum absolute atomic E-state index is 11.6. The smallest absolute Gasteiger partial charge is 0.303 e. The number of aliphatic hydroxyl groups is 1. The Labute approximate surface area is 151 Å². The lowest BCUT2D eigenvalue weighted by Crippen LogP contribution is -2.62. The fraction of sp³-hybridized carbons (Fsp3) is 0.556. The van der Waals surface area contributed by atoms with Gasteiger partial charge in [-0.15, -0.1) is 0 Å². The van der Waals surface area contributed by atoms with Gasteiger partial charge in [0.05, 0.1) is 13.2 Å². The molecule has 1 heterocycles. The first-order chi connectivity index (χ1) is 12.5. The maximum atomic E-state index is 11.6. The van der Waals surface area contributed by atoms with Gasteiger partial charge < -0.3 is 28.8 Å². The van der Waals surface area contributed by atoms with Crippen molar-refractivity contribution in [3.8, 4) is 0 Å². The minimum absolute atomic E-state index is 0.202. The van der Waals surface area contributed by atoms with E-state index in [2.05, 4.69) is 0 Å². The zero-order valence-electron chi connectivity index (χ0n) is 15.0. The van der Waals surface area contributed by atoms with Crippen molar-refractivity contribution < 1.29 is 38.4 Å². The predicted molar refractivity (Wildman–Crippen MR) is 88.9 cm³/mol. The zero-order chi connectivity index (χ0) is 19.1. The minimum Gasteiger partial charge on any atom is -0.455 e. The molecule has 1 fully saturated rings. The van der Waals surface area contributed by atoms with Gasteiger partial charge in [-0.25, -0.2) is 0 Å². The molecule has 1 saturated heterocycles. The van der Waals surface area contributed by atoms with E-state index < -0.39 is 42.6 Å². The largest absolute Gasteiger partial charge is 0.455 e. The molecule has 0 bridgehead atoms. The molecule has 0 unspecified atom stereocenters. The quantitative estimate of drug-likeness (QED) is 0.706. The Kier molecular flexibility index (Phi) is 7.52. The fourth-order valence-corrected chi connectivity index (χ4v) is 2.83. The molecule has 26 heavy (non-hydrogen) atoms. The molecule has 5 atom stereocenters. The van der Waals surface area contributed by atoms with Crippen LogP contribution in [-0.4, -0.2) is 61.5 Å². The molecule has 144 valence electrons. The van der Waals surface area contributed by atoms with Crippen LogP contribution in [0.15, 0.2) is 30.3 Å². The summed E-state index contributed by atoms with van der Waals surface area (Å²) in [6, 6.07) is 9.36. The lowest BCUT2D eigenvalue weighted by atomic mass is 9.98. The fourth-order valence-electron chi connectivity index (χ4n) is 2.83. The van der Waals surface area contributed by atoms with Gasteiger partial charge in [0.25, 0.3) is 0 Å². The Morgan fingerprint density at radius 3 is 2.19 bits per heavy atom. The third-order valence-electron chi connectivity index (χ3n) is 3.89. The number of esters is 2. The van der Waals surface area contributed by atoms with Crippen molar-refractivity contribution in [1.29, 1.82) is 0 Å². The topological polar surface area (TPSA) is 101 Å². The molecule has 0 spiro atoms. The SMILES string of the molecule is CO[C@@H]1O[C@H](CO)[C@H](OCc2ccccc2)[C@H](OC(C)=O)[C@H]1OC(C)=O. The predicted octanol–water partition coefficient (Wildman–Crippen LogP) is 0.799. The zero-order valence-corrected chi connectivity index (χ0v) is 15.0. The highest BCUT2D eigenvalue weighted by atomic mass is 16.7. The number of carbonyl (C=O) groups excluding carboxylic acids is 2. The van der Waals surface area contributed by atoms with E-state index in [1.165, 1.54) is 21.0 Å². The number of methoxy groups -OCH3 is 1. The highest BCUT2D eigenvalue weighted by Crippen LogP contribution is 2.29. The normalized spacial score (nSPS) is 28.4. The molecule has 2 rings (SSSR count). The summed E-state index contributed by atoms with van der Waals surface area (Å²) in [5, 5.41) is 9.68. The molecule has 1 aliphatic heterocycles. The number of hydrogen-bond donors (Lipinski definition) is 1. The monoisotopic (exact) mass is 368 g/mol. The van der Waals surface area contributed by atoms with Crippen molar-refractivity contribution in [3.63, 3.8) is 0 Å². The third kappa shape index (κ3) is 5.25. The van der Waals surface area contributed by atoms with E-state index in [1.807, 2.05) is 30.3 Å². The van der Waals surface area contributed by atoms with Crippen LogP contribution in [-0.2, 0) is 39.9 Å². The first-order valence-corrected chi connectivity index (χ1v) is 8.25. The second kappa shape index (κ2) is 9.63. The Bertz CT molecular complexity index is 590.